The number of carbonyl (C=O) groups is 2. The van der Waals surface area contributed by atoms with Gasteiger partial charge in [0.1, 0.15) is 0 Å². The minimum Gasteiger partial charge on any atom is -0.481 e. The normalized spacial score (nSPS) is 21.8. The van der Waals surface area contributed by atoms with Crippen molar-refractivity contribution in [3.05, 3.63) is 29.6 Å². The van der Waals surface area contributed by atoms with Crippen LogP contribution in [0.15, 0.2) is 18.5 Å². The summed E-state index contributed by atoms with van der Waals surface area (Å²) in [4.78, 5) is 28.7. The molecule has 2 heterocycles. The van der Waals surface area contributed by atoms with Gasteiger partial charge >= 0.3 is 12.0 Å². The lowest BCUT2D eigenvalue weighted by atomic mass is 9.99. The Kier molecular flexibility index (Phi) is 4.22. The van der Waals surface area contributed by atoms with Crippen molar-refractivity contribution in [2.45, 2.75) is 20.4 Å². The number of urea groups is 1. The fourth-order valence-corrected chi connectivity index (χ4v) is 2.44. The van der Waals surface area contributed by atoms with Gasteiger partial charge in [0, 0.05) is 32.0 Å². The van der Waals surface area contributed by atoms with Crippen LogP contribution < -0.4 is 5.32 Å². The van der Waals surface area contributed by atoms with Crippen molar-refractivity contribution in [1.29, 1.82) is 0 Å². The van der Waals surface area contributed by atoms with Crippen molar-refractivity contribution in [1.82, 2.24) is 15.2 Å². The van der Waals surface area contributed by atoms with Crippen molar-refractivity contribution >= 4 is 12.0 Å². The first-order valence-corrected chi connectivity index (χ1v) is 6.64. The third-order valence-corrected chi connectivity index (χ3v) is 3.78. The van der Waals surface area contributed by atoms with Crippen LogP contribution in [0.3, 0.4) is 0 Å². The van der Waals surface area contributed by atoms with E-state index in [2.05, 4.69) is 10.3 Å². The van der Waals surface area contributed by atoms with Crippen molar-refractivity contribution in [2.75, 3.05) is 13.1 Å². The van der Waals surface area contributed by atoms with Crippen LogP contribution in [0.1, 0.15) is 18.1 Å². The highest BCUT2D eigenvalue weighted by molar-refractivity contribution is 5.77. The van der Waals surface area contributed by atoms with Gasteiger partial charge in [-0.2, -0.15) is 0 Å². The molecule has 1 aromatic rings. The molecule has 0 radical (unpaired) electrons. The van der Waals surface area contributed by atoms with Gasteiger partial charge in [-0.25, -0.2) is 4.79 Å². The molecule has 1 fully saturated rings. The van der Waals surface area contributed by atoms with Crippen LogP contribution >= 0.6 is 0 Å². The highest BCUT2D eigenvalue weighted by atomic mass is 16.4. The van der Waals surface area contributed by atoms with E-state index in [0.717, 1.165) is 11.1 Å². The number of aromatic nitrogens is 1. The van der Waals surface area contributed by atoms with Crippen molar-refractivity contribution in [2.24, 2.45) is 11.8 Å². The van der Waals surface area contributed by atoms with Crippen LogP contribution in [-0.4, -0.2) is 40.1 Å². The Hall–Kier alpha value is -2.11. The summed E-state index contributed by atoms with van der Waals surface area (Å²) in [5.74, 6) is -1.32. The van der Waals surface area contributed by atoms with E-state index >= 15 is 0 Å². The first-order valence-electron chi connectivity index (χ1n) is 6.64. The molecule has 1 aliphatic heterocycles. The lowest BCUT2D eigenvalue weighted by Gasteiger charge is -2.17. The molecule has 0 unspecified atom stereocenters. The van der Waals surface area contributed by atoms with E-state index < -0.39 is 11.9 Å². The number of likely N-dealkylation sites (tertiary alicyclic amines) is 1. The average molecular weight is 277 g/mol. The number of carbonyl (C=O) groups excluding carboxylic acids is 1. The standard InChI is InChI=1S/C14H19N3O3/c1-9-5-15-4-3-11(9)6-16-14(20)17-7-10(2)12(8-17)13(18)19/h3-5,10,12H,6-8H2,1-2H3,(H,16,20)(H,18,19)/t10-,12-/m1/s1. The van der Waals surface area contributed by atoms with Gasteiger partial charge in [0.2, 0.25) is 0 Å². The van der Waals surface area contributed by atoms with Gasteiger partial charge in [-0.05, 0) is 30.0 Å². The molecule has 0 bridgehead atoms. The molecule has 0 aromatic carbocycles. The highest BCUT2D eigenvalue weighted by Gasteiger charge is 2.36. The Labute approximate surface area is 117 Å². The number of rotatable bonds is 3. The highest BCUT2D eigenvalue weighted by Crippen LogP contribution is 2.23. The molecular formula is C14H19N3O3. The largest absolute Gasteiger partial charge is 0.481 e. The fraction of sp³-hybridized carbons (Fsp3) is 0.500. The summed E-state index contributed by atoms with van der Waals surface area (Å²) in [7, 11) is 0. The van der Waals surface area contributed by atoms with E-state index in [-0.39, 0.29) is 18.5 Å². The molecule has 2 amide bonds. The maximum absolute atomic E-state index is 12.0. The second-order valence-corrected chi connectivity index (χ2v) is 5.29. The Morgan fingerprint density at radius 2 is 2.25 bits per heavy atom. The first-order chi connectivity index (χ1) is 9.49. The molecule has 1 aromatic heterocycles. The van der Waals surface area contributed by atoms with Crippen molar-refractivity contribution in [3.8, 4) is 0 Å². The summed E-state index contributed by atoms with van der Waals surface area (Å²) >= 11 is 0. The number of carboxylic acid groups (broad SMARTS) is 1. The molecule has 2 atom stereocenters. The van der Waals surface area contributed by atoms with Gasteiger partial charge < -0.3 is 15.3 Å². The maximum Gasteiger partial charge on any atom is 0.317 e. The van der Waals surface area contributed by atoms with Gasteiger partial charge in [-0.3, -0.25) is 9.78 Å². The molecule has 6 heteroatoms. The van der Waals surface area contributed by atoms with Gasteiger partial charge in [0.25, 0.3) is 0 Å². The number of nitrogens with one attached hydrogen (secondary N) is 1. The summed E-state index contributed by atoms with van der Waals surface area (Å²) in [6.07, 6.45) is 3.44. The van der Waals surface area contributed by atoms with E-state index in [1.165, 1.54) is 0 Å². The third kappa shape index (κ3) is 3.07. The molecule has 0 saturated carbocycles. The zero-order chi connectivity index (χ0) is 14.7. The monoisotopic (exact) mass is 277 g/mol. The van der Waals surface area contributed by atoms with Gasteiger partial charge in [0.05, 0.1) is 5.92 Å². The molecule has 108 valence electrons. The van der Waals surface area contributed by atoms with Crippen LogP contribution in [0.5, 0.6) is 0 Å². The molecule has 1 saturated heterocycles. The third-order valence-electron chi connectivity index (χ3n) is 3.78. The number of aryl methyl sites for hydroxylation is 1. The van der Waals surface area contributed by atoms with E-state index in [4.69, 9.17) is 5.11 Å². The van der Waals surface area contributed by atoms with E-state index in [1.54, 1.807) is 17.3 Å². The number of hydrogen-bond acceptors (Lipinski definition) is 3. The number of nitrogens with zero attached hydrogens (tertiary/aromatic N) is 2. The van der Waals surface area contributed by atoms with Crippen LogP contribution in [0.25, 0.3) is 0 Å². The van der Waals surface area contributed by atoms with Crippen LogP contribution in [0.2, 0.25) is 0 Å². The molecule has 1 aliphatic rings. The molecular weight excluding hydrogens is 258 g/mol. The minimum absolute atomic E-state index is 0.0130. The van der Waals surface area contributed by atoms with Gasteiger partial charge in [0.15, 0.2) is 0 Å². The van der Waals surface area contributed by atoms with Gasteiger partial charge in [-0.1, -0.05) is 6.92 Å². The van der Waals surface area contributed by atoms with Crippen LogP contribution in [-0.2, 0) is 11.3 Å². The predicted octanol–water partition coefficient (Wildman–Crippen LogP) is 1.25. The second kappa shape index (κ2) is 5.90. The SMILES string of the molecule is Cc1cnccc1CNC(=O)N1C[C@@H](C)[C@H](C(=O)O)C1. The van der Waals surface area contributed by atoms with Crippen molar-refractivity contribution in [3.63, 3.8) is 0 Å². The lowest BCUT2D eigenvalue weighted by molar-refractivity contribution is -0.142. The Bertz CT molecular complexity index is 518. The molecule has 6 nitrogen and oxygen atoms in total. The lowest BCUT2D eigenvalue weighted by Crippen LogP contribution is -2.38. The Morgan fingerprint density at radius 1 is 1.50 bits per heavy atom. The number of carboxylic acids is 1. The van der Waals surface area contributed by atoms with E-state index in [0.29, 0.717) is 13.1 Å². The first kappa shape index (κ1) is 14.3. The number of amides is 2. The smallest absolute Gasteiger partial charge is 0.317 e. The molecule has 20 heavy (non-hydrogen) atoms. The van der Waals surface area contributed by atoms with Gasteiger partial charge in [-0.15, -0.1) is 0 Å². The number of hydrogen-bond donors (Lipinski definition) is 2. The van der Waals surface area contributed by atoms with Crippen LogP contribution in [0, 0.1) is 18.8 Å². The van der Waals surface area contributed by atoms with Crippen LogP contribution in [0.4, 0.5) is 4.79 Å². The predicted molar refractivity (Wildman–Crippen MR) is 73.1 cm³/mol. The zero-order valence-corrected chi connectivity index (χ0v) is 11.7. The maximum atomic E-state index is 12.0. The topological polar surface area (TPSA) is 82.5 Å². The summed E-state index contributed by atoms with van der Waals surface area (Å²) in [5.41, 5.74) is 2.03. The number of aliphatic carboxylic acids is 1. The quantitative estimate of drug-likeness (QED) is 0.871. The molecule has 0 aliphatic carbocycles. The number of pyridine rings is 1. The molecule has 0 spiro atoms. The zero-order valence-electron chi connectivity index (χ0n) is 11.7. The fourth-order valence-electron chi connectivity index (χ4n) is 2.44. The Morgan fingerprint density at radius 3 is 2.85 bits per heavy atom. The van der Waals surface area contributed by atoms with E-state index in [1.807, 2.05) is 19.9 Å². The summed E-state index contributed by atoms with van der Waals surface area (Å²) in [5, 5.41) is 11.9. The second-order valence-electron chi connectivity index (χ2n) is 5.29. The average Bonchev–Trinajstić information content (AvgIpc) is 2.80. The molecule has 2 N–H and O–H groups in total. The summed E-state index contributed by atoms with van der Waals surface area (Å²) in [6, 6.07) is 1.65. The van der Waals surface area contributed by atoms with Crippen molar-refractivity contribution < 1.29 is 14.7 Å². The van der Waals surface area contributed by atoms with E-state index in [9.17, 15) is 9.59 Å². The summed E-state index contributed by atoms with van der Waals surface area (Å²) < 4.78 is 0. The summed E-state index contributed by atoms with van der Waals surface area (Å²) in [6.45, 7) is 4.98. The molecule has 2 rings (SSSR count). The Balaban J connectivity index is 1.90. The minimum atomic E-state index is -0.835.